The van der Waals surface area contributed by atoms with Gasteiger partial charge in [0.15, 0.2) is 0 Å². The standard InChI is InChI=1S/C14H16FN/c15-13-8-4-3-7-12(13)14(11-16)9-5-1-2-6-10-14/h3-4,7-8H,1-2,5-6,9-10H2. The van der Waals surface area contributed by atoms with E-state index >= 15 is 0 Å². The number of rotatable bonds is 1. The summed E-state index contributed by atoms with van der Waals surface area (Å²) in [6.45, 7) is 0. The summed E-state index contributed by atoms with van der Waals surface area (Å²) in [5.74, 6) is -0.231. The lowest BCUT2D eigenvalue weighted by atomic mass is 9.75. The molecule has 84 valence electrons. The second-order valence-corrected chi connectivity index (χ2v) is 4.59. The lowest BCUT2D eigenvalue weighted by Gasteiger charge is -2.25. The van der Waals surface area contributed by atoms with Crippen LogP contribution >= 0.6 is 0 Å². The van der Waals surface area contributed by atoms with Crippen LogP contribution < -0.4 is 0 Å². The number of hydrogen-bond acceptors (Lipinski definition) is 1. The van der Waals surface area contributed by atoms with Crippen molar-refractivity contribution in [2.45, 2.75) is 43.9 Å². The van der Waals surface area contributed by atoms with Crippen molar-refractivity contribution in [3.8, 4) is 6.07 Å². The molecular formula is C14H16FN. The molecule has 1 fully saturated rings. The van der Waals surface area contributed by atoms with Crippen LogP contribution in [0.25, 0.3) is 0 Å². The largest absolute Gasteiger partial charge is 0.207 e. The van der Waals surface area contributed by atoms with Gasteiger partial charge in [0, 0.05) is 5.56 Å². The molecule has 0 radical (unpaired) electrons. The molecule has 16 heavy (non-hydrogen) atoms. The topological polar surface area (TPSA) is 23.8 Å². The molecule has 1 nitrogen and oxygen atoms in total. The molecule has 0 atom stereocenters. The molecule has 0 heterocycles. The monoisotopic (exact) mass is 217 g/mol. The number of halogens is 1. The summed E-state index contributed by atoms with van der Waals surface area (Å²) in [7, 11) is 0. The first kappa shape index (κ1) is 11.1. The molecule has 2 heteroatoms. The second kappa shape index (κ2) is 4.65. The Morgan fingerprint density at radius 3 is 2.25 bits per heavy atom. The predicted octanol–water partition coefficient (Wildman–Crippen LogP) is 3.94. The maximum atomic E-state index is 13.8. The van der Waals surface area contributed by atoms with E-state index < -0.39 is 5.41 Å². The number of hydrogen-bond donors (Lipinski definition) is 0. The van der Waals surface area contributed by atoms with Crippen LogP contribution in [0.15, 0.2) is 24.3 Å². The molecule has 0 bridgehead atoms. The van der Waals surface area contributed by atoms with Crippen molar-refractivity contribution >= 4 is 0 Å². The van der Waals surface area contributed by atoms with E-state index in [4.69, 9.17) is 0 Å². The molecule has 1 aromatic rings. The average Bonchev–Trinajstić information content (AvgIpc) is 2.56. The van der Waals surface area contributed by atoms with Gasteiger partial charge in [-0.2, -0.15) is 5.26 Å². The zero-order valence-corrected chi connectivity index (χ0v) is 9.38. The zero-order valence-electron chi connectivity index (χ0n) is 9.38. The van der Waals surface area contributed by atoms with E-state index in [0.717, 1.165) is 38.5 Å². The van der Waals surface area contributed by atoms with Crippen LogP contribution in [0.2, 0.25) is 0 Å². The van der Waals surface area contributed by atoms with Gasteiger partial charge in [-0.05, 0) is 18.9 Å². The fourth-order valence-electron chi connectivity index (χ4n) is 2.62. The van der Waals surface area contributed by atoms with Crippen LogP contribution in [0.4, 0.5) is 4.39 Å². The van der Waals surface area contributed by atoms with Crippen molar-refractivity contribution in [2.24, 2.45) is 0 Å². The molecule has 0 unspecified atom stereocenters. The Morgan fingerprint density at radius 2 is 1.69 bits per heavy atom. The van der Waals surface area contributed by atoms with Gasteiger partial charge in [0.1, 0.15) is 5.82 Å². The van der Waals surface area contributed by atoms with E-state index in [9.17, 15) is 9.65 Å². The number of benzene rings is 1. The molecule has 0 spiro atoms. The molecule has 1 aliphatic carbocycles. The smallest absolute Gasteiger partial charge is 0.128 e. The summed E-state index contributed by atoms with van der Waals surface area (Å²) in [6.07, 6.45) is 5.98. The first-order valence-electron chi connectivity index (χ1n) is 5.95. The third kappa shape index (κ3) is 1.95. The Balaban J connectivity index is 2.41. The van der Waals surface area contributed by atoms with Crippen molar-refractivity contribution in [3.63, 3.8) is 0 Å². The predicted molar refractivity (Wildman–Crippen MR) is 61.4 cm³/mol. The second-order valence-electron chi connectivity index (χ2n) is 4.59. The Bertz CT molecular complexity index is 397. The summed E-state index contributed by atoms with van der Waals surface area (Å²) in [4.78, 5) is 0. The van der Waals surface area contributed by atoms with E-state index in [2.05, 4.69) is 6.07 Å². The van der Waals surface area contributed by atoms with Gasteiger partial charge in [0.05, 0.1) is 11.5 Å². The Hall–Kier alpha value is -1.36. The fourth-order valence-corrected chi connectivity index (χ4v) is 2.62. The highest BCUT2D eigenvalue weighted by molar-refractivity contribution is 5.33. The first-order valence-corrected chi connectivity index (χ1v) is 5.95. The highest BCUT2D eigenvalue weighted by Gasteiger charge is 2.34. The highest BCUT2D eigenvalue weighted by Crippen LogP contribution is 2.38. The number of nitrogens with zero attached hydrogens (tertiary/aromatic N) is 1. The zero-order chi connectivity index (χ0) is 11.4. The third-order valence-electron chi connectivity index (χ3n) is 3.56. The maximum absolute atomic E-state index is 13.8. The minimum absolute atomic E-state index is 0.231. The van der Waals surface area contributed by atoms with Gasteiger partial charge in [0.25, 0.3) is 0 Å². The summed E-state index contributed by atoms with van der Waals surface area (Å²) in [5.41, 5.74) is 0.0152. The molecule has 0 aliphatic heterocycles. The molecular weight excluding hydrogens is 201 g/mol. The van der Waals surface area contributed by atoms with E-state index in [1.54, 1.807) is 12.1 Å². The lowest BCUT2D eigenvalue weighted by molar-refractivity contribution is 0.448. The summed E-state index contributed by atoms with van der Waals surface area (Å²) in [6, 6.07) is 9.10. The Morgan fingerprint density at radius 1 is 1.06 bits per heavy atom. The minimum atomic E-state index is -0.582. The van der Waals surface area contributed by atoms with Gasteiger partial charge in [0.2, 0.25) is 0 Å². The summed E-state index contributed by atoms with van der Waals surface area (Å²) in [5, 5.41) is 9.43. The van der Waals surface area contributed by atoms with Gasteiger partial charge in [-0.25, -0.2) is 4.39 Å². The van der Waals surface area contributed by atoms with Crippen LogP contribution in [0.5, 0.6) is 0 Å². The van der Waals surface area contributed by atoms with E-state index in [0.29, 0.717) is 5.56 Å². The quantitative estimate of drug-likeness (QED) is 0.653. The highest BCUT2D eigenvalue weighted by atomic mass is 19.1. The van der Waals surface area contributed by atoms with Gasteiger partial charge in [-0.3, -0.25) is 0 Å². The van der Waals surface area contributed by atoms with Crippen LogP contribution in [0, 0.1) is 17.1 Å². The van der Waals surface area contributed by atoms with Crippen LogP contribution in [-0.2, 0) is 5.41 Å². The normalized spacial score (nSPS) is 19.8. The van der Waals surface area contributed by atoms with Crippen molar-refractivity contribution in [2.75, 3.05) is 0 Å². The van der Waals surface area contributed by atoms with Gasteiger partial charge >= 0.3 is 0 Å². The first-order chi connectivity index (χ1) is 7.78. The lowest BCUT2D eigenvalue weighted by Crippen LogP contribution is -2.24. The maximum Gasteiger partial charge on any atom is 0.128 e. The molecule has 0 aromatic heterocycles. The molecule has 0 amide bonds. The van der Waals surface area contributed by atoms with Crippen molar-refractivity contribution < 1.29 is 4.39 Å². The third-order valence-corrected chi connectivity index (χ3v) is 3.56. The van der Waals surface area contributed by atoms with Gasteiger partial charge < -0.3 is 0 Å². The molecule has 0 saturated heterocycles. The molecule has 1 saturated carbocycles. The van der Waals surface area contributed by atoms with Crippen LogP contribution in [-0.4, -0.2) is 0 Å². The van der Waals surface area contributed by atoms with Gasteiger partial charge in [-0.15, -0.1) is 0 Å². The van der Waals surface area contributed by atoms with Crippen molar-refractivity contribution in [3.05, 3.63) is 35.6 Å². The fraction of sp³-hybridized carbons (Fsp3) is 0.500. The van der Waals surface area contributed by atoms with Crippen LogP contribution in [0.1, 0.15) is 44.1 Å². The molecule has 0 N–H and O–H groups in total. The molecule has 2 rings (SSSR count). The van der Waals surface area contributed by atoms with E-state index in [1.165, 1.54) is 6.07 Å². The summed E-state index contributed by atoms with van der Waals surface area (Å²) < 4.78 is 13.8. The van der Waals surface area contributed by atoms with E-state index in [1.807, 2.05) is 6.07 Å². The summed E-state index contributed by atoms with van der Waals surface area (Å²) >= 11 is 0. The van der Waals surface area contributed by atoms with Crippen molar-refractivity contribution in [1.82, 2.24) is 0 Å². The minimum Gasteiger partial charge on any atom is -0.207 e. The Labute approximate surface area is 95.9 Å². The van der Waals surface area contributed by atoms with E-state index in [-0.39, 0.29) is 5.82 Å². The van der Waals surface area contributed by atoms with Crippen molar-refractivity contribution in [1.29, 1.82) is 5.26 Å². The van der Waals surface area contributed by atoms with Gasteiger partial charge in [-0.1, -0.05) is 43.9 Å². The Kier molecular flexibility index (Phi) is 3.24. The number of nitriles is 1. The molecule has 1 aromatic carbocycles. The molecule has 1 aliphatic rings. The SMILES string of the molecule is N#CC1(c2ccccc2F)CCCCCC1. The van der Waals surface area contributed by atoms with Crippen LogP contribution in [0.3, 0.4) is 0 Å². The average molecular weight is 217 g/mol.